The summed E-state index contributed by atoms with van der Waals surface area (Å²) in [4.78, 5) is 39.3. The number of nitrogens with zero attached hydrogens (tertiary/aromatic N) is 3. The maximum atomic E-state index is 12.3. The normalized spacial score (nSPS) is 31.6. The molecule has 1 aliphatic carbocycles. The topological polar surface area (TPSA) is 83.8 Å². The summed E-state index contributed by atoms with van der Waals surface area (Å²) in [6.07, 6.45) is 3.29. The molecule has 2 amide bonds. The van der Waals surface area contributed by atoms with E-state index in [-0.39, 0.29) is 46.7 Å². The Morgan fingerprint density at radius 3 is 2.50 bits per heavy atom. The number of amides is 2. The maximum Gasteiger partial charge on any atom is 0.294 e. The molecule has 0 spiro atoms. The maximum absolute atomic E-state index is 12.3. The Balaban J connectivity index is 1.72. The van der Waals surface area contributed by atoms with E-state index in [0.717, 1.165) is 30.7 Å². The molecule has 3 aliphatic rings. The van der Waals surface area contributed by atoms with Crippen LogP contribution >= 0.6 is 0 Å². The molecule has 3 atom stereocenters. The van der Waals surface area contributed by atoms with Gasteiger partial charge in [0.2, 0.25) is 11.8 Å². The molecule has 0 aromatic heterocycles. The first-order valence-electron chi connectivity index (χ1n) is 9.92. The van der Waals surface area contributed by atoms with E-state index in [2.05, 4.69) is 25.7 Å². The van der Waals surface area contributed by atoms with Crippen LogP contribution in [0.15, 0.2) is 18.2 Å². The van der Waals surface area contributed by atoms with Gasteiger partial charge in [-0.25, -0.2) is 0 Å². The average Bonchev–Trinajstić information content (AvgIpc) is 2.97. The molecule has 7 nitrogen and oxygen atoms in total. The third kappa shape index (κ3) is 2.97. The molecule has 4 rings (SSSR count). The molecular weight excluding hydrogens is 358 g/mol. The highest BCUT2D eigenvalue weighted by Gasteiger charge is 2.50. The van der Waals surface area contributed by atoms with Crippen LogP contribution in [0.4, 0.5) is 17.1 Å². The molecule has 0 N–H and O–H groups in total. The summed E-state index contributed by atoms with van der Waals surface area (Å²) in [7, 11) is 0. The highest BCUT2D eigenvalue weighted by atomic mass is 16.6. The largest absolute Gasteiger partial charge is 0.362 e. The van der Waals surface area contributed by atoms with E-state index in [1.807, 2.05) is 0 Å². The molecule has 3 unspecified atom stereocenters. The fraction of sp³-hybridized carbons (Fsp3) is 0.619. The number of benzene rings is 1. The Morgan fingerprint density at radius 2 is 1.89 bits per heavy atom. The second kappa shape index (κ2) is 6.03. The third-order valence-corrected chi connectivity index (χ3v) is 6.51. The van der Waals surface area contributed by atoms with Crippen molar-refractivity contribution in [3.8, 4) is 0 Å². The summed E-state index contributed by atoms with van der Waals surface area (Å²) in [6, 6.07) is 5.05. The summed E-state index contributed by atoms with van der Waals surface area (Å²) >= 11 is 0. The van der Waals surface area contributed by atoms with Crippen LogP contribution < -0.4 is 9.80 Å². The standard InChI is InChI=1S/C21H27N3O4/c1-13-7-18(25)23(19(13)26)14-5-6-16(17(8-14)24(27)28)22-12-21(4)10-15(22)9-20(2,3)11-21/h5-6,8,13,15H,7,9-12H2,1-4H3. The minimum atomic E-state index is -0.400. The molecular formula is C21H27N3O4. The van der Waals surface area contributed by atoms with Gasteiger partial charge in [-0.15, -0.1) is 0 Å². The minimum absolute atomic E-state index is 0.0355. The first-order chi connectivity index (χ1) is 13.0. The van der Waals surface area contributed by atoms with E-state index in [0.29, 0.717) is 11.4 Å². The lowest BCUT2D eigenvalue weighted by molar-refractivity contribution is -0.384. The predicted octanol–water partition coefficient (Wildman–Crippen LogP) is 3.90. The number of fused-ring (bicyclic) bond motifs is 2. The molecule has 1 aromatic rings. The lowest BCUT2D eigenvalue weighted by Gasteiger charge is -2.39. The third-order valence-electron chi connectivity index (χ3n) is 6.51. The minimum Gasteiger partial charge on any atom is -0.362 e. The first-order valence-corrected chi connectivity index (χ1v) is 9.92. The lowest BCUT2D eigenvalue weighted by Crippen LogP contribution is -2.35. The Labute approximate surface area is 164 Å². The molecule has 28 heavy (non-hydrogen) atoms. The van der Waals surface area contributed by atoms with Gasteiger partial charge in [-0.1, -0.05) is 27.7 Å². The summed E-state index contributed by atoms with van der Waals surface area (Å²) < 4.78 is 0. The van der Waals surface area contributed by atoms with Crippen molar-refractivity contribution in [3.05, 3.63) is 28.3 Å². The second-order valence-electron chi connectivity index (χ2n) is 9.94. The van der Waals surface area contributed by atoms with Crippen LogP contribution in [0.5, 0.6) is 0 Å². The van der Waals surface area contributed by atoms with Crippen molar-refractivity contribution in [3.63, 3.8) is 0 Å². The van der Waals surface area contributed by atoms with E-state index in [4.69, 9.17) is 0 Å². The van der Waals surface area contributed by atoms with Crippen LogP contribution in [0, 0.1) is 26.9 Å². The smallest absolute Gasteiger partial charge is 0.294 e. The van der Waals surface area contributed by atoms with E-state index in [9.17, 15) is 19.7 Å². The van der Waals surface area contributed by atoms with Gasteiger partial charge >= 0.3 is 0 Å². The van der Waals surface area contributed by atoms with Crippen LogP contribution in [0.2, 0.25) is 0 Å². The summed E-state index contributed by atoms with van der Waals surface area (Å²) in [5, 5.41) is 11.9. The number of nitro benzene ring substituents is 1. The Hall–Kier alpha value is -2.44. The molecule has 2 aliphatic heterocycles. The number of imide groups is 1. The van der Waals surface area contributed by atoms with E-state index in [1.54, 1.807) is 19.1 Å². The second-order valence-corrected chi connectivity index (χ2v) is 9.94. The fourth-order valence-electron chi connectivity index (χ4n) is 5.84. The molecule has 150 valence electrons. The predicted molar refractivity (Wildman–Crippen MR) is 106 cm³/mol. The van der Waals surface area contributed by atoms with Crippen LogP contribution in [-0.4, -0.2) is 29.3 Å². The van der Waals surface area contributed by atoms with E-state index >= 15 is 0 Å². The summed E-state index contributed by atoms with van der Waals surface area (Å²) in [6.45, 7) is 9.30. The molecule has 2 saturated heterocycles. The monoisotopic (exact) mass is 385 g/mol. The molecule has 1 saturated carbocycles. The first kappa shape index (κ1) is 18.9. The van der Waals surface area contributed by atoms with Gasteiger partial charge in [0.05, 0.1) is 10.6 Å². The molecule has 2 heterocycles. The van der Waals surface area contributed by atoms with Crippen molar-refractivity contribution in [1.82, 2.24) is 0 Å². The van der Waals surface area contributed by atoms with Crippen LogP contribution in [0.3, 0.4) is 0 Å². The zero-order chi connectivity index (χ0) is 20.4. The SMILES string of the molecule is CC1CC(=O)N(c2ccc(N3CC4(C)CC3CC(C)(C)C4)c([N+](=O)[O-])c2)C1=O. The molecule has 1 aromatic carbocycles. The highest BCUT2D eigenvalue weighted by Crippen LogP contribution is 2.54. The molecule has 3 fully saturated rings. The lowest BCUT2D eigenvalue weighted by atomic mass is 9.65. The van der Waals surface area contributed by atoms with Crippen LogP contribution in [0.1, 0.15) is 53.4 Å². The Bertz CT molecular complexity index is 880. The van der Waals surface area contributed by atoms with Gasteiger partial charge in [0, 0.05) is 31.0 Å². The van der Waals surface area contributed by atoms with Gasteiger partial charge in [0.25, 0.3) is 5.69 Å². The molecule has 2 bridgehead atoms. The van der Waals surface area contributed by atoms with Gasteiger partial charge in [0.1, 0.15) is 5.69 Å². The van der Waals surface area contributed by atoms with Crippen molar-refractivity contribution < 1.29 is 14.5 Å². The number of rotatable bonds is 3. The van der Waals surface area contributed by atoms with E-state index < -0.39 is 4.92 Å². The number of nitro groups is 1. The number of hydrogen-bond donors (Lipinski definition) is 0. The summed E-state index contributed by atoms with van der Waals surface area (Å²) in [5.41, 5.74) is 1.21. The van der Waals surface area contributed by atoms with Crippen molar-refractivity contribution in [1.29, 1.82) is 0 Å². The van der Waals surface area contributed by atoms with Gasteiger partial charge < -0.3 is 4.90 Å². The quantitative estimate of drug-likeness (QED) is 0.448. The van der Waals surface area contributed by atoms with E-state index in [1.165, 1.54) is 6.07 Å². The van der Waals surface area contributed by atoms with Gasteiger partial charge in [-0.2, -0.15) is 0 Å². The van der Waals surface area contributed by atoms with Gasteiger partial charge in [0.15, 0.2) is 0 Å². The summed E-state index contributed by atoms with van der Waals surface area (Å²) in [5.74, 6) is -0.976. The zero-order valence-electron chi connectivity index (χ0n) is 16.9. The average molecular weight is 385 g/mol. The Kier molecular flexibility index (Phi) is 4.07. The number of hydrogen-bond acceptors (Lipinski definition) is 5. The van der Waals surface area contributed by atoms with Crippen molar-refractivity contribution in [2.45, 2.75) is 59.4 Å². The highest BCUT2D eigenvalue weighted by molar-refractivity contribution is 6.21. The molecule has 0 radical (unpaired) electrons. The van der Waals surface area contributed by atoms with Crippen LogP contribution in [-0.2, 0) is 9.59 Å². The van der Waals surface area contributed by atoms with Gasteiger partial charge in [-0.3, -0.25) is 24.6 Å². The van der Waals surface area contributed by atoms with Crippen LogP contribution in [0.25, 0.3) is 0 Å². The van der Waals surface area contributed by atoms with Crippen molar-refractivity contribution >= 4 is 28.9 Å². The molecule has 7 heteroatoms. The fourth-order valence-corrected chi connectivity index (χ4v) is 5.84. The van der Waals surface area contributed by atoms with Crippen molar-refractivity contribution in [2.75, 3.05) is 16.3 Å². The van der Waals surface area contributed by atoms with Crippen molar-refractivity contribution in [2.24, 2.45) is 16.7 Å². The number of carbonyl (C=O) groups is 2. The Morgan fingerprint density at radius 1 is 1.18 bits per heavy atom. The number of carbonyl (C=O) groups excluding carboxylic acids is 2. The zero-order valence-corrected chi connectivity index (χ0v) is 16.9. The number of anilines is 2. The van der Waals surface area contributed by atoms with Gasteiger partial charge in [-0.05, 0) is 42.2 Å².